The Morgan fingerprint density at radius 2 is 0.984 bits per heavy atom. The molecule has 0 radical (unpaired) electrons. The van der Waals surface area contributed by atoms with E-state index in [1.165, 1.54) is 148 Å². The highest BCUT2D eigenvalue weighted by Crippen LogP contribution is 2.23. The lowest BCUT2D eigenvalue weighted by molar-refractivity contribution is -0.303. The van der Waals surface area contributed by atoms with Crippen molar-refractivity contribution in [3.63, 3.8) is 0 Å². The minimum absolute atomic E-state index is 0.260. The maximum absolute atomic E-state index is 13.0. The summed E-state index contributed by atoms with van der Waals surface area (Å²) in [6.07, 6.45) is 36.6. The molecular formula is C51H97NO10. The van der Waals surface area contributed by atoms with Gasteiger partial charge in [0.05, 0.1) is 25.4 Å². The lowest BCUT2D eigenvalue weighted by Gasteiger charge is -2.40. The molecule has 9 atom stereocenters. The minimum atomic E-state index is -1.66. The first-order valence-corrected chi connectivity index (χ1v) is 25.7. The number of allylic oxidation sites excluding steroid dienone is 4. The fourth-order valence-electron chi connectivity index (χ4n) is 8.24. The predicted octanol–water partition coefficient (Wildman–Crippen LogP) is 9.40. The second-order valence-corrected chi connectivity index (χ2v) is 18.2. The van der Waals surface area contributed by atoms with Crippen LogP contribution in [0, 0.1) is 0 Å². The third kappa shape index (κ3) is 29.9. The summed E-state index contributed by atoms with van der Waals surface area (Å²) in [5, 5.41) is 74.7. The molecule has 11 nitrogen and oxygen atoms in total. The van der Waals surface area contributed by atoms with Crippen molar-refractivity contribution in [1.29, 1.82) is 0 Å². The molecule has 1 fully saturated rings. The topological polar surface area (TPSA) is 189 Å². The second kappa shape index (κ2) is 41.1. The largest absolute Gasteiger partial charge is 0.394 e. The van der Waals surface area contributed by atoms with Crippen LogP contribution in [0.4, 0.5) is 0 Å². The SMILES string of the molecule is CCCCCCCCCCC/C=C\C/C=C\CCCCCCCCCCCCCCCCCCC(O)C(=O)NC(COC1OC(CO)C(O)C(O)C1O)C(O)C(O)CCCCC. The molecule has 8 N–H and O–H groups in total. The van der Waals surface area contributed by atoms with Crippen molar-refractivity contribution in [1.82, 2.24) is 5.32 Å². The molecule has 366 valence electrons. The molecule has 0 aromatic carbocycles. The van der Waals surface area contributed by atoms with Crippen LogP contribution in [0.5, 0.6) is 0 Å². The number of rotatable bonds is 43. The average molecular weight is 884 g/mol. The zero-order valence-electron chi connectivity index (χ0n) is 39.6. The van der Waals surface area contributed by atoms with Crippen LogP contribution in [0.3, 0.4) is 0 Å². The van der Waals surface area contributed by atoms with E-state index in [0.29, 0.717) is 19.3 Å². The number of carbonyl (C=O) groups excluding carboxylic acids is 1. The maximum atomic E-state index is 13.0. The predicted molar refractivity (Wildman–Crippen MR) is 252 cm³/mol. The van der Waals surface area contributed by atoms with Gasteiger partial charge in [-0.15, -0.1) is 0 Å². The van der Waals surface area contributed by atoms with Gasteiger partial charge in [0.1, 0.15) is 36.6 Å². The summed E-state index contributed by atoms with van der Waals surface area (Å²) in [5.74, 6) is -0.705. The first kappa shape index (κ1) is 58.6. The van der Waals surface area contributed by atoms with Crippen LogP contribution in [0.1, 0.15) is 226 Å². The number of carbonyl (C=O) groups is 1. The molecule has 1 saturated heterocycles. The van der Waals surface area contributed by atoms with Crippen LogP contribution in [-0.4, -0.2) is 110 Å². The van der Waals surface area contributed by atoms with Gasteiger partial charge in [0.25, 0.3) is 0 Å². The number of aliphatic hydroxyl groups is 7. The summed E-state index contributed by atoms with van der Waals surface area (Å²) in [5.41, 5.74) is 0. The van der Waals surface area contributed by atoms with Crippen LogP contribution >= 0.6 is 0 Å². The molecule has 1 aliphatic heterocycles. The highest BCUT2D eigenvalue weighted by molar-refractivity contribution is 5.80. The lowest BCUT2D eigenvalue weighted by atomic mass is 9.98. The molecule has 1 heterocycles. The summed E-state index contributed by atoms with van der Waals surface area (Å²) < 4.78 is 11.0. The molecule has 0 aromatic heterocycles. The zero-order chi connectivity index (χ0) is 45.5. The van der Waals surface area contributed by atoms with E-state index >= 15 is 0 Å². The second-order valence-electron chi connectivity index (χ2n) is 18.2. The van der Waals surface area contributed by atoms with Gasteiger partial charge in [-0.25, -0.2) is 0 Å². The van der Waals surface area contributed by atoms with Gasteiger partial charge in [-0.2, -0.15) is 0 Å². The van der Waals surface area contributed by atoms with Gasteiger partial charge < -0.3 is 50.5 Å². The van der Waals surface area contributed by atoms with E-state index in [1.54, 1.807) is 0 Å². The van der Waals surface area contributed by atoms with E-state index in [4.69, 9.17) is 9.47 Å². The Morgan fingerprint density at radius 3 is 1.45 bits per heavy atom. The smallest absolute Gasteiger partial charge is 0.249 e. The van der Waals surface area contributed by atoms with Crippen LogP contribution in [-0.2, 0) is 14.3 Å². The molecule has 0 aliphatic carbocycles. The van der Waals surface area contributed by atoms with Crippen LogP contribution in [0.25, 0.3) is 0 Å². The Labute approximate surface area is 378 Å². The monoisotopic (exact) mass is 884 g/mol. The first-order chi connectivity index (χ1) is 30.2. The van der Waals surface area contributed by atoms with E-state index in [2.05, 4.69) is 36.5 Å². The summed E-state index contributed by atoms with van der Waals surface area (Å²) in [6.45, 7) is 3.24. The van der Waals surface area contributed by atoms with Gasteiger partial charge in [0, 0.05) is 0 Å². The van der Waals surface area contributed by atoms with Crippen molar-refractivity contribution < 1.29 is 50.0 Å². The van der Waals surface area contributed by atoms with Crippen molar-refractivity contribution in [3.8, 4) is 0 Å². The number of ether oxygens (including phenoxy) is 2. The van der Waals surface area contributed by atoms with Crippen LogP contribution in [0.15, 0.2) is 24.3 Å². The molecule has 1 aliphatic rings. The van der Waals surface area contributed by atoms with Gasteiger partial charge in [-0.05, 0) is 44.9 Å². The number of aliphatic hydroxyl groups excluding tert-OH is 7. The highest BCUT2D eigenvalue weighted by Gasteiger charge is 2.44. The Kier molecular flexibility index (Phi) is 38.8. The molecule has 0 aromatic rings. The number of hydrogen-bond donors (Lipinski definition) is 8. The standard InChI is InChI=1S/C51H97NO10/c1-3-5-7-8-9-10-11-12-13-14-15-16-17-18-19-20-21-22-23-24-25-26-27-28-29-30-31-32-33-34-35-37-39-44(55)50(60)52-42(46(56)43(54)38-36-6-4-2)41-61-51-49(59)48(58)47(57)45(40-53)62-51/h15-16,18-19,42-49,51,53-59H,3-14,17,20-41H2,1-2H3,(H,52,60)/b16-15-,19-18-. The van der Waals surface area contributed by atoms with Crippen molar-refractivity contribution in [2.24, 2.45) is 0 Å². The van der Waals surface area contributed by atoms with E-state index in [1.807, 2.05) is 6.92 Å². The van der Waals surface area contributed by atoms with Crippen molar-refractivity contribution in [3.05, 3.63) is 24.3 Å². The Balaban J connectivity index is 2.06. The van der Waals surface area contributed by atoms with E-state index in [0.717, 1.165) is 38.5 Å². The average Bonchev–Trinajstić information content (AvgIpc) is 3.27. The summed E-state index contributed by atoms with van der Waals surface area (Å²) in [7, 11) is 0. The van der Waals surface area contributed by atoms with E-state index in [9.17, 15) is 40.5 Å². The fraction of sp³-hybridized carbons (Fsp3) is 0.902. The molecular weight excluding hydrogens is 787 g/mol. The highest BCUT2D eigenvalue weighted by atomic mass is 16.7. The number of unbranched alkanes of at least 4 members (excludes halogenated alkanes) is 27. The van der Waals surface area contributed by atoms with Crippen molar-refractivity contribution >= 4 is 5.91 Å². The summed E-state index contributed by atoms with van der Waals surface area (Å²) >= 11 is 0. The zero-order valence-corrected chi connectivity index (χ0v) is 39.6. The normalized spacial score (nSPS) is 21.5. The Hall–Kier alpha value is -1.41. The number of hydrogen-bond acceptors (Lipinski definition) is 10. The van der Waals surface area contributed by atoms with Gasteiger partial charge in [-0.1, -0.05) is 205 Å². The maximum Gasteiger partial charge on any atom is 0.249 e. The van der Waals surface area contributed by atoms with E-state index < -0.39 is 74.2 Å². The molecule has 0 bridgehead atoms. The molecule has 62 heavy (non-hydrogen) atoms. The lowest BCUT2D eigenvalue weighted by Crippen LogP contribution is -2.60. The van der Waals surface area contributed by atoms with Crippen LogP contribution in [0.2, 0.25) is 0 Å². The number of amides is 1. The number of nitrogens with one attached hydrogen (secondary N) is 1. The molecule has 0 saturated carbocycles. The van der Waals surface area contributed by atoms with Crippen molar-refractivity contribution in [2.45, 2.75) is 281 Å². The third-order valence-electron chi connectivity index (χ3n) is 12.5. The fourth-order valence-corrected chi connectivity index (χ4v) is 8.24. The van der Waals surface area contributed by atoms with Gasteiger partial charge in [0.2, 0.25) is 5.91 Å². The molecule has 11 heteroatoms. The molecule has 1 rings (SSSR count). The molecule has 1 amide bonds. The minimum Gasteiger partial charge on any atom is -0.394 e. The van der Waals surface area contributed by atoms with Crippen LogP contribution < -0.4 is 5.32 Å². The summed E-state index contributed by atoms with van der Waals surface area (Å²) in [6, 6.07) is -1.16. The van der Waals surface area contributed by atoms with Gasteiger partial charge in [-0.3, -0.25) is 4.79 Å². The first-order valence-electron chi connectivity index (χ1n) is 25.7. The Morgan fingerprint density at radius 1 is 0.565 bits per heavy atom. The third-order valence-corrected chi connectivity index (χ3v) is 12.5. The Bertz CT molecular complexity index is 1060. The van der Waals surface area contributed by atoms with E-state index in [-0.39, 0.29) is 6.42 Å². The van der Waals surface area contributed by atoms with Gasteiger partial charge in [0.15, 0.2) is 6.29 Å². The quantitative estimate of drug-likeness (QED) is 0.0216. The molecule has 0 spiro atoms. The molecule has 9 unspecified atom stereocenters. The summed E-state index contributed by atoms with van der Waals surface area (Å²) in [4.78, 5) is 13.0. The van der Waals surface area contributed by atoms with Crippen molar-refractivity contribution in [2.75, 3.05) is 13.2 Å². The van der Waals surface area contributed by atoms with Gasteiger partial charge >= 0.3 is 0 Å².